The van der Waals surface area contributed by atoms with E-state index in [0.29, 0.717) is 56.3 Å². The third-order valence-corrected chi connectivity index (χ3v) is 6.69. The second kappa shape index (κ2) is 10.2. The van der Waals surface area contributed by atoms with Crippen LogP contribution in [0.1, 0.15) is 43.7 Å². The van der Waals surface area contributed by atoms with Crippen LogP contribution in [0.5, 0.6) is 0 Å². The summed E-state index contributed by atoms with van der Waals surface area (Å²) in [7, 11) is 0. The standard InChI is InChI=1S/C27H29ClO5/c1-3-32-24(29)11-8-21-17-33-27(12-14-31-15-13-27)26(30)25(21)23-16-20(5-4-18(23)2)19-6-9-22(28)10-7-19/h4-7,9-10,16H,3,8,11-15,17H2,1-2H3. The van der Waals surface area contributed by atoms with Crippen LogP contribution in [-0.2, 0) is 23.8 Å². The van der Waals surface area contributed by atoms with E-state index in [1.807, 2.05) is 37.3 Å². The molecule has 5 nitrogen and oxygen atoms in total. The average molecular weight is 469 g/mol. The maximum Gasteiger partial charge on any atom is 0.306 e. The van der Waals surface area contributed by atoms with Crippen molar-refractivity contribution >= 4 is 28.9 Å². The molecule has 1 spiro atoms. The number of aryl methyl sites for hydroxylation is 1. The predicted molar refractivity (Wildman–Crippen MR) is 128 cm³/mol. The fourth-order valence-electron chi connectivity index (χ4n) is 4.53. The van der Waals surface area contributed by atoms with E-state index in [-0.39, 0.29) is 18.2 Å². The highest BCUT2D eigenvalue weighted by molar-refractivity contribution is 6.30. The molecule has 2 aromatic rings. The Morgan fingerprint density at radius 2 is 1.79 bits per heavy atom. The minimum absolute atomic E-state index is 0.00716. The lowest BCUT2D eigenvalue weighted by Crippen LogP contribution is -2.49. The SMILES string of the molecule is CCOC(=O)CCC1=C(c2cc(-c3ccc(Cl)cc3)ccc2C)C(=O)C2(CCOCC2)OC1. The Morgan fingerprint density at radius 1 is 1.09 bits per heavy atom. The summed E-state index contributed by atoms with van der Waals surface area (Å²) in [6.07, 6.45) is 1.72. The van der Waals surface area contributed by atoms with Crippen molar-refractivity contribution in [2.24, 2.45) is 0 Å². The Labute approximate surface area is 199 Å². The van der Waals surface area contributed by atoms with Crippen LogP contribution < -0.4 is 0 Å². The van der Waals surface area contributed by atoms with Gasteiger partial charge in [-0.3, -0.25) is 9.59 Å². The van der Waals surface area contributed by atoms with Crippen molar-refractivity contribution < 1.29 is 23.8 Å². The van der Waals surface area contributed by atoms with Gasteiger partial charge in [0.2, 0.25) is 0 Å². The van der Waals surface area contributed by atoms with E-state index in [1.54, 1.807) is 6.92 Å². The van der Waals surface area contributed by atoms with Crippen molar-refractivity contribution in [2.45, 2.75) is 45.1 Å². The molecule has 0 saturated carbocycles. The molecule has 0 bridgehead atoms. The van der Waals surface area contributed by atoms with Crippen molar-refractivity contribution in [3.63, 3.8) is 0 Å². The summed E-state index contributed by atoms with van der Waals surface area (Å²) in [5, 5.41) is 0.677. The summed E-state index contributed by atoms with van der Waals surface area (Å²) in [5.41, 5.74) is 4.60. The van der Waals surface area contributed by atoms with E-state index in [9.17, 15) is 9.59 Å². The molecule has 33 heavy (non-hydrogen) atoms. The van der Waals surface area contributed by atoms with Crippen molar-refractivity contribution in [3.8, 4) is 11.1 Å². The van der Waals surface area contributed by atoms with Crippen LogP contribution in [0.15, 0.2) is 48.0 Å². The molecule has 0 N–H and O–H groups in total. The number of Topliss-reactive ketones (excluding diaryl/α,β-unsaturated/α-hetero) is 1. The molecule has 6 heteroatoms. The summed E-state index contributed by atoms with van der Waals surface area (Å²) < 4.78 is 16.8. The molecular weight excluding hydrogens is 440 g/mol. The first-order chi connectivity index (χ1) is 15.9. The van der Waals surface area contributed by atoms with Gasteiger partial charge < -0.3 is 14.2 Å². The highest BCUT2D eigenvalue weighted by Crippen LogP contribution is 2.41. The van der Waals surface area contributed by atoms with Crippen molar-refractivity contribution in [1.82, 2.24) is 0 Å². The first-order valence-electron chi connectivity index (χ1n) is 11.4. The van der Waals surface area contributed by atoms with Crippen LogP contribution in [0.25, 0.3) is 16.7 Å². The number of ketones is 1. The van der Waals surface area contributed by atoms with Crippen molar-refractivity contribution in [1.29, 1.82) is 0 Å². The van der Waals surface area contributed by atoms with Crippen LogP contribution in [0.2, 0.25) is 5.02 Å². The molecule has 1 saturated heterocycles. The number of halogens is 1. The molecule has 0 aliphatic carbocycles. The van der Waals surface area contributed by atoms with Crippen molar-refractivity contribution in [2.75, 3.05) is 26.4 Å². The molecule has 4 rings (SSSR count). The zero-order valence-electron chi connectivity index (χ0n) is 19.1. The van der Waals surface area contributed by atoms with E-state index in [4.69, 9.17) is 25.8 Å². The molecule has 2 heterocycles. The van der Waals surface area contributed by atoms with Gasteiger partial charge in [-0.15, -0.1) is 0 Å². The monoisotopic (exact) mass is 468 g/mol. The highest BCUT2D eigenvalue weighted by Gasteiger charge is 2.46. The Balaban J connectivity index is 1.77. The zero-order chi connectivity index (χ0) is 23.4. The van der Waals surface area contributed by atoms with E-state index in [2.05, 4.69) is 12.1 Å². The molecule has 2 aliphatic rings. The number of ether oxygens (including phenoxy) is 3. The Bertz CT molecular complexity index is 1060. The number of hydrogen-bond donors (Lipinski definition) is 0. The van der Waals surface area contributed by atoms with Gasteiger partial charge >= 0.3 is 5.97 Å². The lowest BCUT2D eigenvalue weighted by Gasteiger charge is -2.40. The molecular formula is C27H29ClO5. The minimum Gasteiger partial charge on any atom is -0.466 e. The largest absolute Gasteiger partial charge is 0.466 e. The highest BCUT2D eigenvalue weighted by atomic mass is 35.5. The van der Waals surface area contributed by atoms with Crippen LogP contribution >= 0.6 is 11.6 Å². The van der Waals surface area contributed by atoms with Gasteiger partial charge in [0.1, 0.15) is 5.60 Å². The third-order valence-electron chi connectivity index (χ3n) is 6.44. The molecule has 2 aliphatic heterocycles. The Morgan fingerprint density at radius 3 is 2.48 bits per heavy atom. The van der Waals surface area contributed by atoms with Gasteiger partial charge in [0.05, 0.1) is 13.2 Å². The second-order valence-electron chi connectivity index (χ2n) is 8.54. The average Bonchev–Trinajstić information content (AvgIpc) is 2.82. The molecule has 0 aromatic heterocycles. The first-order valence-corrected chi connectivity index (χ1v) is 11.8. The summed E-state index contributed by atoms with van der Waals surface area (Å²) in [6, 6.07) is 13.8. The lowest BCUT2D eigenvalue weighted by atomic mass is 9.77. The zero-order valence-corrected chi connectivity index (χ0v) is 19.9. The van der Waals surface area contributed by atoms with E-state index < -0.39 is 5.60 Å². The van der Waals surface area contributed by atoms with Gasteiger partial charge in [0.25, 0.3) is 0 Å². The van der Waals surface area contributed by atoms with Crippen molar-refractivity contribution in [3.05, 3.63) is 64.2 Å². The smallest absolute Gasteiger partial charge is 0.306 e. The van der Waals surface area contributed by atoms with Crippen LogP contribution in [0.3, 0.4) is 0 Å². The second-order valence-corrected chi connectivity index (χ2v) is 8.98. The number of esters is 1. The van der Waals surface area contributed by atoms with Crippen LogP contribution in [-0.4, -0.2) is 43.8 Å². The third kappa shape index (κ3) is 5.06. The van der Waals surface area contributed by atoms with Crippen LogP contribution in [0, 0.1) is 6.92 Å². The quantitative estimate of drug-likeness (QED) is 0.519. The van der Waals surface area contributed by atoms with E-state index in [0.717, 1.165) is 27.8 Å². The summed E-state index contributed by atoms with van der Waals surface area (Å²) in [6.45, 7) is 5.46. The minimum atomic E-state index is -0.857. The van der Waals surface area contributed by atoms with Gasteiger partial charge in [0, 0.05) is 43.1 Å². The molecule has 2 aromatic carbocycles. The summed E-state index contributed by atoms with van der Waals surface area (Å²) in [5.74, 6) is -0.276. The summed E-state index contributed by atoms with van der Waals surface area (Å²) >= 11 is 6.07. The molecule has 0 unspecified atom stereocenters. The number of carbonyl (C=O) groups excluding carboxylic acids is 2. The fourth-order valence-corrected chi connectivity index (χ4v) is 4.66. The maximum absolute atomic E-state index is 14.0. The Hall–Kier alpha value is -2.47. The maximum atomic E-state index is 14.0. The van der Waals surface area contributed by atoms with Gasteiger partial charge in [-0.05, 0) is 66.3 Å². The van der Waals surface area contributed by atoms with E-state index in [1.165, 1.54) is 0 Å². The molecule has 174 valence electrons. The number of carbonyl (C=O) groups is 2. The van der Waals surface area contributed by atoms with E-state index >= 15 is 0 Å². The topological polar surface area (TPSA) is 61.8 Å². The molecule has 0 atom stereocenters. The number of hydrogen-bond acceptors (Lipinski definition) is 5. The number of rotatable bonds is 6. The molecule has 0 amide bonds. The van der Waals surface area contributed by atoms with Gasteiger partial charge in [-0.1, -0.05) is 35.9 Å². The molecule has 1 fully saturated rings. The van der Waals surface area contributed by atoms with Gasteiger partial charge in [-0.2, -0.15) is 0 Å². The molecule has 0 radical (unpaired) electrons. The number of benzene rings is 2. The van der Waals surface area contributed by atoms with Gasteiger partial charge in [-0.25, -0.2) is 0 Å². The van der Waals surface area contributed by atoms with Crippen LogP contribution in [0.4, 0.5) is 0 Å². The first kappa shape index (κ1) is 23.7. The van der Waals surface area contributed by atoms with Gasteiger partial charge in [0.15, 0.2) is 5.78 Å². The fraction of sp³-hybridized carbons (Fsp3) is 0.407. The predicted octanol–water partition coefficient (Wildman–Crippen LogP) is 5.56. The summed E-state index contributed by atoms with van der Waals surface area (Å²) in [4.78, 5) is 26.0. The normalized spacial score (nSPS) is 18.0. The Kier molecular flexibility index (Phi) is 7.32. The lowest BCUT2D eigenvalue weighted by molar-refractivity contribution is -0.153.